The largest absolute Gasteiger partial charge is 0.495 e. The molecule has 0 radical (unpaired) electrons. The molecular formula is C18H23ClN4O3. The van der Waals surface area contributed by atoms with Gasteiger partial charge in [-0.15, -0.1) is 0 Å². The maximum Gasteiger partial charge on any atom is 0.313 e. The van der Waals surface area contributed by atoms with Crippen LogP contribution in [0.5, 0.6) is 5.75 Å². The van der Waals surface area contributed by atoms with Gasteiger partial charge in [0, 0.05) is 31.2 Å². The molecule has 2 rings (SSSR count). The molecule has 2 amide bonds. The van der Waals surface area contributed by atoms with Crippen LogP contribution in [0.4, 0.5) is 5.69 Å². The molecule has 0 spiro atoms. The molecule has 8 heteroatoms. The molecule has 1 atom stereocenters. The second-order valence-electron chi connectivity index (χ2n) is 6.04. The molecule has 26 heavy (non-hydrogen) atoms. The number of carbonyl (C=O) groups excluding carboxylic acids is 2. The van der Waals surface area contributed by atoms with E-state index < -0.39 is 11.8 Å². The summed E-state index contributed by atoms with van der Waals surface area (Å²) in [6, 6.07) is 8.63. The number of amides is 2. The van der Waals surface area contributed by atoms with Gasteiger partial charge in [-0.25, -0.2) is 0 Å². The number of benzene rings is 1. The van der Waals surface area contributed by atoms with Gasteiger partial charge in [-0.2, -0.15) is 0 Å². The minimum Gasteiger partial charge on any atom is -0.495 e. The van der Waals surface area contributed by atoms with Crippen LogP contribution in [0.3, 0.4) is 0 Å². The number of hydrogen-bond acceptors (Lipinski definition) is 4. The molecule has 0 aliphatic heterocycles. The molecule has 140 valence electrons. The van der Waals surface area contributed by atoms with E-state index in [1.165, 1.54) is 13.2 Å². The quantitative estimate of drug-likeness (QED) is 0.754. The average molecular weight is 379 g/mol. The fourth-order valence-electron chi connectivity index (χ4n) is 2.57. The Morgan fingerprint density at radius 3 is 2.54 bits per heavy atom. The molecule has 1 aromatic heterocycles. The van der Waals surface area contributed by atoms with Crippen molar-refractivity contribution in [3.63, 3.8) is 0 Å². The van der Waals surface area contributed by atoms with E-state index in [4.69, 9.17) is 16.3 Å². The lowest BCUT2D eigenvalue weighted by atomic mass is 10.2. The normalized spacial score (nSPS) is 11.9. The highest BCUT2D eigenvalue weighted by molar-refractivity contribution is 6.40. The van der Waals surface area contributed by atoms with E-state index >= 15 is 0 Å². The number of halogens is 1. The minimum atomic E-state index is -0.754. The zero-order chi connectivity index (χ0) is 19.3. The predicted octanol–water partition coefficient (Wildman–Crippen LogP) is 2.04. The van der Waals surface area contributed by atoms with Gasteiger partial charge in [0.15, 0.2) is 0 Å². The van der Waals surface area contributed by atoms with Gasteiger partial charge in [0.2, 0.25) is 0 Å². The molecule has 0 saturated heterocycles. The van der Waals surface area contributed by atoms with Crippen LogP contribution in [0.25, 0.3) is 0 Å². The fraction of sp³-hybridized carbons (Fsp3) is 0.333. The molecular weight excluding hydrogens is 356 g/mol. The van der Waals surface area contributed by atoms with E-state index in [2.05, 4.69) is 10.6 Å². The van der Waals surface area contributed by atoms with Crippen LogP contribution < -0.4 is 15.4 Å². The van der Waals surface area contributed by atoms with Gasteiger partial charge in [0.05, 0.1) is 18.2 Å². The molecule has 1 heterocycles. The number of nitrogens with zero attached hydrogens (tertiary/aromatic N) is 2. The minimum absolute atomic E-state index is 0.0535. The predicted molar refractivity (Wildman–Crippen MR) is 101 cm³/mol. The average Bonchev–Trinajstić information content (AvgIpc) is 3.00. The number of methoxy groups -OCH3 is 1. The highest BCUT2D eigenvalue weighted by Gasteiger charge is 2.20. The molecule has 0 saturated carbocycles. The summed E-state index contributed by atoms with van der Waals surface area (Å²) in [6.07, 6.45) is 1.94. The van der Waals surface area contributed by atoms with Crippen LogP contribution in [0, 0.1) is 0 Å². The number of ether oxygens (including phenoxy) is 1. The lowest BCUT2D eigenvalue weighted by Gasteiger charge is -2.25. The first-order valence-electron chi connectivity index (χ1n) is 8.04. The van der Waals surface area contributed by atoms with E-state index in [-0.39, 0.29) is 6.04 Å². The summed E-state index contributed by atoms with van der Waals surface area (Å²) in [6.45, 7) is 0.306. The van der Waals surface area contributed by atoms with Crippen molar-refractivity contribution >= 4 is 29.1 Å². The molecule has 0 fully saturated rings. The molecule has 0 bridgehead atoms. The zero-order valence-corrected chi connectivity index (χ0v) is 16.0. The van der Waals surface area contributed by atoms with E-state index in [0.29, 0.717) is 23.0 Å². The number of hydrogen-bond donors (Lipinski definition) is 2. The van der Waals surface area contributed by atoms with E-state index in [1.807, 2.05) is 48.9 Å². The van der Waals surface area contributed by atoms with Gasteiger partial charge in [0.1, 0.15) is 5.75 Å². The van der Waals surface area contributed by atoms with Crippen molar-refractivity contribution in [1.82, 2.24) is 14.8 Å². The Hall–Kier alpha value is -2.51. The number of carbonyl (C=O) groups is 2. The van der Waals surface area contributed by atoms with Crippen molar-refractivity contribution in [2.24, 2.45) is 7.05 Å². The maximum absolute atomic E-state index is 12.1. The third-order valence-corrected chi connectivity index (χ3v) is 4.32. The first-order valence-corrected chi connectivity index (χ1v) is 8.41. The van der Waals surface area contributed by atoms with Gasteiger partial charge in [-0.1, -0.05) is 11.6 Å². The summed E-state index contributed by atoms with van der Waals surface area (Å²) in [4.78, 5) is 26.2. The standard InChI is InChI=1S/C18H23ClN4O3/c1-22(2)15(14-6-5-9-23(14)3)11-20-17(24)18(25)21-12-7-8-16(26-4)13(19)10-12/h5-10,15H,11H2,1-4H3,(H,20,24)(H,21,25). The second-order valence-corrected chi connectivity index (χ2v) is 6.44. The van der Waals surface area contributed by atoms with Crippen molar-refractivity contribution in [2.45, 2.75) is 6.04 Å². The van der Waals surface area contributed by atoms with Crippen LogP contribution in [-0.4, -0.2) is 49.0 Å². The second kappa shape index (κ2) is 8.73. The summed E-state index contributed by atoms with van der Waals surface area (Å²) < 4.78 is 7.04. The van der Waals surface area contributed by atoms with Crippen LogP contribution in [0.15, 0.2) is 36.5 Å². The number of aromatic nitrogens is 1. The van der Waals surface area contributed by atoms with Crippen LogP contribution in [0.2, 0.25) is 5.02 Å². The Morgan fingerprint density at radius 1 is 1.27 bits per heavy atom. The molecule has 2 N–H and O–H groups in total. The lowest BCUT2D eigenvalue weighted by Crippen LogP contribution is -2.40. The third-order valence-electron chi connectivity index (χ3n) is 4.02. The van der Waals surface area contributed by atoms with Crippen LogP contribution in [0.1, 0.15) is 11.7 Å². The first kappa shape index (κ1) is 19.8. The van der Waals surface area contributed by atoms with Gasteiger partial charge < -0.3 is 19.9 Å². The highest BCUT2D eigenvalue weighted by atomic mass is 35.5. The van der Waals surface area contributed by atoms with Crippen LogP contribution in [-0.2, 0) is 16.6 Å². The lowest BCUT2D eigenvalue weighted by molar-refractivity contribution is -0.136. The summed E-state index contributed by atoms with van der Waals surface area (Å²) in [5.41, 5.74) is 1.46. The Labute approximate surface area is 157 Å². The third kappa shape index (κ3) is 4.77. The highest BCUT2D eigenvalue weighted by Crippen LogP contribution is 2.27. The molecule has 7 nitrogen and oxygen atoms in total. The summed E-state index contributed by atoms with van der Waals surface area (Å²) >= 11 is 6.02. The maximum atomic E-state index is 12.1. The van der Waals surface area contributed by atoms with Crippen molar-refractivity contribution < 1.29 is 14.3 Å². The van der Waals surface area contributed by atoms with Gasteiger partial charge in [0.25, 0.3) is 0 Å². The van der Waals surface area contributed by atoms with Gasteiger partial charge >= 0.3 is 11.8 Å². The zero-order valence-electron chi connectivity index (χ0n) is 15.2. The molecule has 0 aliphatic rings. The topological polar surface area (TPSA) is 75.6 Å². The molecule has 2 aromatic rings. The van der Waals surface area contributed by atoms with Gasteiger partial charge in [-0.05, 0) is 44.4 Å². The van der Waals surface area contributed by atoms with E-state index in [1.54, 1.807) is 12.1 Å². The number of rotatable bonds is 6. The number of anilines is 1. The Morgan fingerprint density at radius 2 is 2.00 bits per heavy atom. The Balaban J connectivity index is 1.97. The summed E-state index contributed by atoms with van der Waals surface area (Å²) in [5, 5.41) is 5.55. The van der Waals surface area contributed by atoms with E-state index in [9.17, 15) is 9.59 Å². The molecule has 1 unspecified atom stereocenters. The van der Waals surface area contributed by atoms with Crippen molar-refractivity contribution in [3.05, 3.63) is 47.2 Å². The smallest absolute Gasteiger partial charge is 0.313 e. The molecule has 1 aromatic carbocycles. The SMILES string of the molecule is COc1ccc(NC(=O)C(=O)NCC(c2cccn2C)N(C)C)cc1Cl. The van der Waals surface area contributed by atoms with Crippen molar-refractivity contribution in [3.8, 4) is 5.75 Å². The first-order chi connectivity index (χ1) is 12.3. The summed E-state index contributed by atoms with van der Waals surface area (Å²) in [5.74, 6) is -0.973. The van der Waals surface area contributed by atoms with Crippen molar-refractivity contribution in [2.75, 3.05) is 33.1 Å². The van der Waals surface area contributed by atoms with Crippen LogP contribution >= 0.6 is 11.6 Å². The van der Waals surface area contributed by atoms with Gasteiger partial charge in [-0.3, -0.25) is 14.5 Å². The number of nitrogens with one attached hydrogen (secondary N) is 2. The number of likely N-dealkylation sites (N-methyl/N-ethyl adjacent to an activating group) is 1. The monoisotopic (exact) mass is 378 g/mol. The number of aryl methyl sites for hydroxylation is 1. The Kier molecular flexibility index (Phi) is 6.65. The van der Waals surface area contributed by atoms with E-state index in [0.717, 1.165) is 5.69 Å². The fourth-order valence-corrected chi connectivity index (χ4v) is 2.83. The van der Waals surface area contributed by atoms with Crippen molar-refractivity contribution in [1.29, 1.82) is 0 Å². The molecule has 0 aliphatic carbocycles. The summed E-state index contributed by atoms with van der Waals surface area (Å²) in [7, 11) is 7.28. The Bertz CT molecular complexity index is 788.